The smallest absolute Gasteiger partial charge is 0.200 e. The predicted octanol–water partition coefficient (Wildman–Crippen LogP) is 1.49. The summed E-state index contributed by atoms with van der Waals surface area (Å²) in [4.78, 5) is 0. The molecule has 1 aromatic carbocycles. The average molecular weight is 211 g/mol. The zero-order valence-corrected chi connectivity index (χ0v) is 7.62. The number of benzene rings is 1. The Kier molecular flexibility index (Phi) is 2.70. The quantitative estimate of drug-likeness (QED) is 0.286. The van der Waals surface area contributed by atoms with E-state index in [0.29, 0.717) is 0 Å². The van der Waals surface area contributed by atoms with Crippen molar-refractivity contribution in [1.29, 1.82) is 0 Å². The fourth-order valence-electron chi connectivity index (χ4n) is 0.875. The van der Waals surface area contributed by atoms with Crippen molar-refractivity contribution in [3.8, 4) is 0 Å². The molecule has 6 heteroatoms. The molecule has 0 aliphatic heterocycles. The molecule has 0 spiro atoms. The molecule has 0 unspecified atom stereocenters. The third kappa shape index (κ3) is 1.45. The maximum Gasteiger partial charge on any atom is 0.200 e. The Bertz CT molecular complexity index is 320. The van der Waals surface area contributed by atoms with Crippen LogP contribution >= 0.6 is 0 Å². The van der Waals surface area contributed by atoms with E-state index in [1.165, 1.54) is 6.55 Å². The highest BCUT2D eigenvalue weighted by Crippen LogP contribution is 2.15. The maximum atomic E-state index is 12.7. The van der Waals surface area contributed by atoms with E-state index < -0.39 is 43.8 Å². The van der Waals surface area contributed by atoms with Gasteiger partial charge in [0.15, 0.2) is 23.3 Å². The highest BCUT2D eigenvalue weighted by Gasteiger charge is 2.24. The van der Waals surface area contributed by atoms with E-state index in [1.54, 1.807) is 0 Å². The van der Waals surface area contributed by atoms with Crippen LogP contribution in [0.15, 0.2) is 0 Å². The minimum atomic E-state index is -2.10. The zero-order valence-electron chi connectivity index (χ0n) is 6.47. The van der Waals surface area contributed by atoms with Crippen LogP contribution in [-0.4, -0.2) is 9.52 Å². The first-order valence-corrected chi connectivity index (χ1v) is 5.04. The fraction of sp³-hybridized carbons (Fsp3) is 0.143. The van der Waals surface area contributed by atoms with Crippen LogP contribution in [-0.2, 0) is 0 Å². The van der Waals surface area contributed by atoms with Gasteiger partial charge in [-0.3, -0.25) is 0 Å². The van der Waals surface area contributed by atoms with Crippen molar-refractivity contribution in [2.45, 2.75) is 6.55 Å². The van der Waals surface area contributed by atoms with Gasteiger partial charge in [0.05, 0.1) is 9.52 Å². The van der Waals surface area contributed by atoms with Crippen LogP contribution in [0.3, 0.4) is 0 Å². The van der Waals surface area contributed by atoms with E-state index in [1.807, 2.05) is 0 Å². The zero-order chi connectivity index (χ0) is 10.2. The molecule has 0 bridgehead atoms. The minimum Gasteiger partial charge on any atom is -0.204 e. The Labute approximate surface area is 73.2 Å². The van der Waals surface area contributed by atoms with Crippen LogP contribution in [0.1, 0.15) is 0 Å². The number of hydrogen-bond donors (Lipinski definition) is 0. The second kappa shape index (κ2) is 3.45. The van der Waals surface area contributed by atoms with Gasteiger partial charge < -0.3 is 0 Å². The Hall–Kier alpha value is -0.913. The SMILES string of the molecule is C[SiH]c1c(F)c(F)c(F)c(F)c1F. The lowest BCUT2D eigenvalue weighted by Crippen LogP contribution is -2.25. The lowest BCUT2D eigenvalue weighted by Gasteiger charge is -2.04. The van der Waals surface area contributed by atoms with Gasteiger partial charge in [-0.05, 0) is 0 Å². The molecule has 0 saturated heterocycles. The standard InChI is InChI=1S/C7H4F5Si/c1-13-7-5(11)3(9)2(8)4(10)6(7)12/h13H,1H3. The Balaban J connectivity index is 3.56. The van der Waals surface area contributed by atoms with E-state index in [9.17, 15) is 22.0 Å². The first kappa shape index (κ1) is 10.2. The fourth-order valence-corrected chi connectivity index (χ4v) is 1.64. The van der Waals surface area contributed by atoms with E-state index in [-0.39, 0.29) is 0 Å². The van der Waals surface area contributed by atoms with Crippen molar-refractivity contribution < 1.29 is 22.0 Å². The normalized spacial score (nSPS) is 10.6. The molecule has 71 valence electrons. The monoisotopic (exact) mass is 211 g/mol. The summed E-state index contributed by atoms with van der Waals surface area (Å²) in [6, 6.07) is 0. The second-order valence-corrected chi connectivity index (χ2v) is 3.43. The van der Waals surface area contributed by atoms with Gasteiger partial charge in [-0.1, -0.05) is 6.55 Å². The first-order valence-electron chi connectivity index (χ1n) is 3.31. The summed E-state index contributed by atoms with van der Waals surface area (Å²) >= 11 is 0. The summed E-state index contributed by atoms with van der Waals surface area (Å²) in [5.41, 5.74) is 0. The highest BCUT2D eigenvalue weighted by molar-refractivity contribution is 6.52. The Morgan fingerprint density at radius 2 is 1.00 bits per heavy atom. The molecule has 0 aromatic heterocycles. The van der Waals surface area contributed by atoms with Gasteiger partial charge >= 0.3 is 0 Å². The van der Waals surface area contributed by atoms with E-state index in [0.717, 1.165) is 0 Å². The van der Waals surface area contributed by atoms with Crippen LogP contribution in [0.2, 0.25) is 6.55 Å². The molecule has 0 amide bonds. The molecule has 0 aliphatic carbocycles. The van der Waals surface area contributed by atoms with Gasteiger partial charge in [0.25, 0.3) is 0 Å². The second-order valence-electron chi connectivity index (χ2n) is 2.27. The first-order chi connectivity index (χ1) is 6.00. The molecule has 1 rings (SSSR count). The van der Waals surface area contributed by atoms with Gasteiger partial charge in [0, 0.05) is 5.19 Å². The number of rotatable bonds is 1. The van der Waals surface area contributed by atoms with Gasteiger partial charge in [0.1, 0.15) is 0 Å². The Morgan fingerprint density at radius 3 is 1.31 bits per heavy atom. The molecule has 0 aliphatic rings. The van der Waals surface area contributed by atoms with Crippen molar-refractivity contribution >= 4 is 14.7 Å². The summed E-state index contributed by atoms with van der Waals surface area (Å²) < 4.78 is 62.7. The van der Waals surface area contributed by atoms with Crippen molar-refractivity contribution in [3.05, 3.63) is 29.1 Å². The van der Waals surface area contributed by atoms with Crippen LogP contribution in [0.4, 0.5) is 22.0 Å². The molecule has 0 nitrogen and oxygen atoms in total. The number of halogens is 5. The average Bonchev–Trinajstić information content (AvgIpc) is 2.13. The molecule has 0 saturated carbocycles. The van der Waals surface area contributed by atoms with Gasteiger partial charge in [-0.15, -0.1) is 0 Å². The minimum absolute atomic E-state index is 0.698. The van der Waals surface area contributed by atoms with Crippen molar-refractivity contribution in [2.75, 3.05) is 0 Å². The summed E-state index contributed by atoms with van der Waals surface area (Å²) in [7, 11) is -0.951. The lowest BCUT2D eigenvalue weighted by molar-refractivity contribution is 0.384. The molecule has 0 fully saturated rings. The van der Waals surface area contributed by atoms with E-state index in [4.69, 9.17) is 0 Å². The third-order valence-corrected chi connectivity index (χ3v) is 2.62. The topological polar surface area (TPSA) is 0 Å². The predicted molar refractivity (Wildman–Crippen MR) is 38.9 cm³/mol. The van der Waals surface area contributed by atoms with Gasteiger partial charge in [-0.25, -0.2) is 22.0 Å². The largest absolute Gasteiger partial charge is 0.204 e. The summed E-state index contributed by atoms with van der Waals surface area (Å²) in [5, 5.41) is -0.698. The van der Waals surface area contributed by atoms with Crippen LogP contribution in [0.25, 0.3) is 0 Å². The molecule has 1 aromatic rings. The van der Waals surface area contributed by atoms with Crippen molar-refractivity contribution in [2.24, 2.45) is 0 Å². The van der Waals surface area contributed by atoms with Crippen LogP contribution < -0.4 is 5.19 Å². The van der Waals surface area contributed by atoms with Gasteiger partial charge in [-0.2, -0.15) is 0 Å². The molecule has 0 N–H and O–H groups in total. The van der Waals surface area contributed by atoms with Crippen LogP contribution in [0, 0.1) is 29.1 Å². The summed E-state index contributed by atoms with van der Waals surface area (Å²) in [6.45, 7) is 1.39. The summed E-state index contributed by atoms with van der Waals surface area (Å²) in [5.74, 6) is -9.28. The van der Waals surface area contributed by atoms with Gasteiger partial charge in [0.2, 0.25) is 5.82 Å². The molecular weight excluding hydrogens is 207 g/mol. The van der Waals surface area contributed by atoms with Crippen LogP contribution in [0.5, 0.6) is 0 Å². The Morgan fingerprint density at radius 1 is 0.692 bits per heavy atom. The van der Waals surface area contributed by atoms with Crippen molar-refractivity contribution in [3.63, 3.8) is 0 Å². The maximum absolute atomic E-state index is 12.7. The molecule has 1 radical (unpaired) electrons. The lowest BCUT2D eigenvalue weighted by atomic mass is 10.3. The third-order valence-electron chi connectivity index (χ3n) is 1.53. The summed E-state index contributed by atoms with van der Waals surface area (Å²) in [6.07, 6.45) is 0. The highest BCUT2D eigenvalue weighted by atomic mass is 28.2. The molecular formula is C7H4F5Si. The molecule has 13 heavy (non-hydrogen) atoms. The van der Waals surface area contributed by atoms with E-state index in [2.05, 4.69) is 0 Å². The molecule has 0 atom stereocenters. The van der Waals surface area contributed by atoms with E-state index >= 15 is 0 Å². The van der Waals surface area contributed by atoms with Crippen molar-refractivity contribution in [1.82, 2.24) is 0 Å². The molecule has 0 heterocycles. The number of hydrogen-bond acceptors (Lipinski definition) is 0.